The molecule has 0 aliphatic carbocycles. The minimum atomic E-state index is -0.829. The molecule has 1 atom stereocenters. The van der Waals surface area contributed by atoms with Crippen LogP contribution in [0.4, 0.5) is 0 Å². The van der Waals surface area contributed by atoms with Crippen LogP contribution in [0.15, 0.2) is 59.7 Å². The number of fused-ring (bicyclic) bond motifs is 2. The largest absolute Gasteiger partial charge is 0.504 e. The van der Waals surface area contributed by atoms with Crippen LogP contribution in [0.3, 0.4) is 0 Å². The topological polar surface area (TPSA) is 89.4 Å². The SMILES string of the molecule is CCOc1cccc(/C=N/NC(=O)C2COc3cc4ccccc4cc3O2)c1O. The first-order valence-corrected chi connectivity index (χ1v) is 9.25. The third-order valence-electron chi connectivity index (χ3n) is 4.47. The van der Waals surface area contributed by atoms with Crippen molar-refractivity contribution < 1.29 is 24.1 Å². The van der Waals surface area contributed by atoms with Crippen LogP contribution in [0.25, 0.3) is 10.8 Å². The normalized spacial score (nSPS) is 15.4. The van der Waals surface area contributed by atoms with Gasteiger partial charge in [0.2, 0.25) is 6.10 Å². The van der Waals surface area contributed by atoms with E-state index in [0.717, 1.165) is 10.8 Å². The molecule has 1 unspecified atom stereocenters. The molecule has 7 heteroatoms. The van der Waals surface area contributed by atoms with Gasteiger partial charge in [-0.25, -0.2) is 5.43 Å². The fraction of sp³-hybridized carbons (Fsp3) is 0.182. The van der Waals surface area contributed by atoms with Crippen molar-refractivity contribution in [1.29, 1.82) is 0 Å². The molecule has 0 bridgehead atoms. The van der Waals surface area contributed by atoms with Crippen molar-refractivity contribution in [3.8, 4) is 23.0 Å². The van der Waals surface area contributed by atoms with Crippen LogP contribution in [0.2, 0.25) is 0 Å². The van der Waals surface area contributed by atoms with Crippen molar-refractivity contribution in [1.82, 2.24) is 5.43 Å². The fourth-order valence-corrected chi connectivity index (χ4v) is 3.04. The number of carbonyl (C=O) groups is 1. The highest BCUT2D eigenvalue weighted by Crippen LogP contribution is 2.35. The highest BCUT2D eigenvalue weighted by molar-refractivity contribution is 5.89. The minimum Gasteiger partial charge on any atom is -0.504 e. The molecule has 4 rings (SSSR count). The predicted molar refractivity (Wildman–Crippen MR) is 109 cm³/mol. The smallest absolute Gasteiger partial charge is 0.284 e. The number of hydrazone groups is 1. The monoisotopic (exact) mass is 392 g/mol. The van der Waals surface area contributed by atoms with Crippen LogP contribution < -0.4 is 19.6 Å². The van der Waals surface area contributed by atoms with Gasteiger partial charge in [-0.1, -0.05) is 30.3 Å². The van der Waals surface area contributed by atoms with E-state index in [0.29, 0.717) is 29.4 Å². The summed E-state index contributed by atoms with van der Waals surface area (Å²) >= 11 is 0. The van der Waals surface area contributed by atoms with Crippen molar-refractivity contribution in [3.05, 3.63) is 60.2 Å². The number of hydrogen-bond acceptors (Lipinski definition) is 6. The van der Waals surface area contributed by atoms with E-state index in [1.807, 2.05) is 43.3 Å². The number of benzene rings is 3. The summed E-state index contributed by atoms with van der Waals surface area (Å²) < 4.78 is 16.8. The van der Waals surface area contributed by atoms with Gasteiger partial charge in [-0.2, -0.15) is 5.10 Å². The highest BCUT2D eigenvalue weighted by atomic mass is 16.6. The number of amides is 1. The Labute approximate surface area is 167 Å². The standard InChI is InChI=1S/C22H20N2O5/c1-2-27-17-9-5-8-16(21(17)25)12-23-24-22(26)20-13-28-18-10-14-6-3-4-7-15(14)11-19(18)29-20/h3-12,20,25H,2,13H2,1H3,(H,24,26)/b23-12+. The fourth-order valence-electron chi connectivity index (χ4n) is 3.04. The van der Waals surface area contributed by atoms with Gasteiger partial charge in [0.1, 0.15) is 6.61 Å². The van der Waals surface area contributed by atoms with Gasteiger partial charge in [0, 0.05) is 5.56 Å². The maximum atomic E-state index is 12.4. The van der Waals surface area contributed by atoms with E-state index in [2.05, 4.69) is 10.5 Å². The van der Waals surface area contributed by atoms with Crippen molar-refractivity contribution in [3.63, 3.8) is 0 Å². The number of nitrogens with zero attached hydrogens (tertiary/aromatic N) is 1. The number of carbonyl (C=O) groups excluding carboxylic acids is 1. The maximum Gasteiger partial charge on any atom is 0.284 e. The van der Waals surface area contributed by atoms with E-state index in [-0.39, 0.29) is 12.4 Å². The molecule has 1 amide bonds. The van der Waals surface area contributed by atoms with Crippen LogP contribution in [0, 0.1) is 0 Å². The number of phenolic OH excluding ortho intramolecular Hbond substituents is 1. The maximum absolute atomic E-state index is 12.4. The number of nitrogens with one attached hydrogen (secondary N) is 1. The third-order valence-corrected chi connectivity index (χ3v) is 4.47. The summed E-state index contributed by atoms with van der Waals surface area (Å²) in [6, 6.07) is 16.6. The Morgan fingerprint density at radius 1 is 1.21 bits per heavy atom. The molecule has 0 saturated carbocycles. The number of para-hydroxylation sites is 1. The number of rotatable bonds is 5. The molecule has 3 aromatic carbocycles. The molecule has 1 heterocycles. The summed E-state index contributed by atoms with van der Waals surface area (Å²) in [5, 5.41) is 16.1. The molecule has 2 N–H and O–H groups in total. The van der Waals surface area contributed by atoms with Gasteiger partial charge in [-0.05, 0) is 42.0 Å². The summed E-state index contributed by atoms with van der Waals surface area (Å²) in [5.41, 5.74) is 2.85. The Bertz CT molecular complexity index is 1080. The molecule has 0 fully saturated rings. The number of phenols is 1. The molecule has 3 aromatic rings. The molecule has 29 heavy (non-hydrogen) atoms. The van der Waals surface area contributed by atoms with Gasteiger partial charge >= 0.3 is 0 Å². The Hall–Kier alpha value is -3.74. The minimum absolute atomic E-state index is 0.0367. The Balaban J connectivity index is 1.43. The summed E-state index contributed by atoms with van der Waals surface area (Å²) in [6.07, 6.45) is 0.519. The Morgan fingerprint density at radius 3 is 2.72 bits per heavy atom. The molecular weight excluding hydrogens is 372 g/mol. The number of ether oxygens (including phenoxy) is 3. The second-order valence-corrected chi connectivity index (χ2v) is 6.42. The first-order chi connectivity index (χ1) is 14.2. The summed E-state index contributed by atoms with van der Waals surface area (Å²) in [7, 11) is 0. The van der Waals surface area contributed by atoms with Crippen LogP contribution in [0.5, 0.6) is 23.0 Å². The first-order valence-electron chi connectivity index (χ1n) is 9.25. The lowest BCUT2D eigenvalue weighted by Crippen LogP contribution is -2.42. The molecule has 7 nitrogen and oxygen atoms in total. The summed E-state index contributed by atoms with van der Waals surface area (Å²) in [6.45, 7) is 2.34. The van der Waals surface area contributed by atoms with Gasteiger partial charge in [0.15, 0.2) is 23.0 Å². The molecule has 0 aromatic heterocycles. The quantitative estimate of drug-likeness (QED) is 0.514. The van der Waals surface area contributed by atoms with Crippen molar-refractivity contribution >= 4 is 22.9 Å². The van der Waals surface area contributed by atoms with Crippen molar-refractivity contribution in [2.75, 3.05) is 13.2 Å². The van der Waals surface area contributed by atoms with Crippen LogP contribution in [0.1, 0.15) is 12.5 Å². The average molecular weight is 392 g/mol. The van der Waals surface area contributed by atoms with E-state index in [4.69, 9.17) is 14.2 Å². The van der Waals surface area contributed by atoms with E-state index in [1.54, 1.807) is 18.2 Å². The molecule has 0 spiro atoms. The van der Waals surface area contributed by atoms with Gasteiger partial charge < -0.3 is 19.3 Å². The van der Waals surface area contributed by atoms with Gasteiger partial charge in [0.05, 0.1) is 12.8 Å². The second-order valence-electron chi connectivity index (χ2n) is 6.42. The molecular formula is C22H20N2O5. The Kier molecular flexibility index (Phi) is 5.20. The zero-order valence-corrected chi connectivity index (χ0v) is 15.8. The summed E-state index contributed by atoms with van der Waals surface area (Å²) in [5.74, 6) is 0.997. The lowest BCUT2D eigenvalue weighted by atomic mass is 10.1. The van der Waals surface area contributed by atoms with Gasteiger partial charge in [-0.15, -0.1) is 0 Å². The molecule has 148 valence electrons. The predicted octanol–water partition coefficient (Wildman–Crippen LogP) is 3.23. The highest BCUT2D eigenvalue weighted by Gasteiger charge is 2.27. The van der Waals surface area contributed by atoms with Gasteiger partial charge in [-0.3, -0.25) is 4.79 Å². The van der Waals surface area contributed by atoms with E-state index in [1.165, 1.54) is 6.21 Å². The zero-order valence-electron chi connectivity index (χ0n) is 15.8. The van der Waals surface area contributed by atoms with Crippen LogP contribution in [-0.4, -0.2) is 36.5 Å². The van der Waals surface area contributed by atoms with E-state index < -0.39 is 12.0 Å². The summed E-state index contributed by atoms with van der Waals surface area (Å²) in [4.78, 5) is 12.4. The molecule has 0 radical (unpaired) electrons. The average Bonchev–Trinajstić information content (AvgIpc) is 2.74. The van der Waals surface area contributed by atoms with Crippen molar-refractivity contribution in [2.45, 2.75) is 13.0 Å². The Morgan fingerprint density at radius 2 is 1.97 bits per heavy atom. The second kappa shape index (κ2) is 8.10. The van der Waals surface area contributed by atoms with E-state index >= 15 is 0 Å². The van der Waals surface area contributed by atoms with Crippen molar-refractivity contribution in [2.24, 2.45) is 5.10 Å². The zero-order chi connectivity index (χ0) is 20.2. The molecule has 1 aliphatic heterocycles. The number of aromatic hydroxyl groups is 1. The van der Waals surface area contributed by atoms with E-state index in [9.17, 15) is 9.90 Å². The lowest BCUT2D eigenvalue weighted by molar-refractivity contribution is -0.130. The third kappa shape index (κ3) is 3.94. The lowest BCUT2D eigenvalue weighted by Gasteiger charge is -2.25. The molecule has 0 saturated heterocycles. The van der Waals surface area contributed by atoms with Gasteiger partial charge in [0.25, 0.3) is 5.91 Å². The first kappa shape index (κ1) is 18.6. The van der Waals surface area contributed by atoms with Crippen LogP contribution >= 0.6 is 0 Å². The number of hydrogen-bond donors (Lipinski definition) is 2. The molecule has 1 aliphatic rings. The van der Waals surface area contributed by atoms with Crippen LogP contribution in [-0.2, 0) is 4.79 Å².